The largest absolute Gasteiger partial charge is 0.481 e. The molecular weight excluding hydrogens is 254 g/mol. The van der Waals surface area contributed by atoms with Crippen LogP contribution in [0.4, 0.5) is 0 Å². The first-order valence-corrected chi connectivity index (χ1v) is 8.05. The van der Waals surface area contributed by atoms with Crippen LogP contribution in [-0.2, 0) is 9.59 Å². The molecule has 20 heavy (non-hydrogen) atoms. The van der Waals surface area contributed by atoms with E-state index in [0.29, 0.717) is 12.8 Å². The van der Waals surface area contributed by atoms with Crippen molar-refractivity contribution >= 4 is 11.9 Å². The Bertz CT molecular complexity index is 357. The molecule has 0 aromatic carbocycles. The average molecular weight is 281 g/mol. The molecular formula is C16H27NO3. The van der Waals surface area contributed by atoms with E-state index in [1.807, 2.05) is 6.92 Å². The first-order valence-electron chi connectivity index (χ1n) is 8.05. The molecule has 0 spiro atoms. The van der Waals surface area contributed by atoms with Crippen LogP contribution in [0.15, 0.2) is 0 Å². The summed E-state index contributed by atoms with van der Waals surface area (Å²) >= 11 is 0. The van der Waals surface area contributed by atoms with Crippen molar-refractivity contribution in [1.82, 2.24) is 5.32 Å². The van der Waals surface area contributed by atoms with Crippen molar-refractivity contribution in [2.24, 2.45) is 11.3 Å². The average Bonchev–Trinajstić information content (AvgIpc) is 2.34. The molecule has 2 aliphatic carbocycles. The van der Waals surface area contributed by atoms with E-state index in [2.05, 4.69) is 5.32 Å². The number of carbonyl (C=O) groups is 2. The predicted octanol–water partition coefficient (Wildman–Crippen LogP) is 3.11. The van der Waals surface area contributed by atoms with Gasteiger partial charge in [-0.15, -0.1) is 0 Å². The summed E-state index contributed by atoms with van der Waals surface area (Å²) in [6.45, 7) is 2.04. The number of nitrogens with one attached hydrogen (secondary N) is 1. The fraction of sp³-hybridized carbons (Fsp3) is 0.875. The number of aliphatic carboxylic acids is 1. The molecule has 2 aliphatic rings. The molecule has 2 N–H and O–H groups in total. The van der Waals surface area contributed by atoms with E-state index >= 15 is 0 Å². The van der Waals surface area contributed by atoms with Gasteiger partial charge in [-0.3, -0.25) is 9.59 Å². The Balaban J connectivity index is 1.74. The molecule has 1 amide bonds. The van der Waals surface area contributed by atoms with Crippen LogP contribution in [0.3, 0.4) is 0 Å². The third kappa shape index (κ3) is 3.74. The zero-order valence-electron chi connectivity index (χ0n) is 12.5. The van der Waals surface area contributed by atoms with E-state index in [-0.39, 0.29) is 18.4 Å². The van der Waals surface area contributed by atoms with Gasteiger partial charge < -0.3 is 10.4 Å². The SMILES string of the molecule is C[C@H](CC1CCCCC1)NC(=O)CC1(C(=O)O)CCC1. The topological polar surface area (TPSA) is 66.4 Å². The molecule has 0 saturated heterocycles. The second-order valence-corrected chi connectivity index (χ2v) is 6.82. The van der Waals surface area contributed by atoms with Gasteiger partial charge >= 0.3 is 5.97 Å². The summed E-state index contributed by atoms with van der Waals surface area (Å²) in [6.07, 6.45) is 9.93. The van der Waals surface area contributed by atoms with Gasteiger partial charge in [0.05, 0.1) is 5.41 Å². The first kappa shape index (κ1) is 15.3. The number of amides is 1. The Morgan fingerprint density at radius 1 is 1.20 bits per heavy atom. The van der Waals surface area contributed by atoms with Crippen molar-refractivity contribution in [1.29, 1.82) is 0 Å². The molecule has 4 nitrogen and oxygen atoms in total. The lowest BCUT2D eigenvalue weighted by Gasteiger charge is -2.37. The number of carboxylic acid groups (broad SMARTS) is 1. The lowest BCUT2D eigenvalue weighted by atomic mass is 9.66. The molecule has 0 aliphatic heterocycles. The van der Waals surface area contributed by atoms with Crippen LogP contribution in [-0.4, -0.2) is 23.0 Å². The number of hydrogen-bond acceptors (Lipinski definition) is 2. The predicted molar refractivity (Wildman–Crippen MR) is 77.3 cm³/mol. The first-order chi connectivity index (χ1) is 9.52. The normalized spacial score (nSPS) is 23.6. The van der Waals surface area contributed by atoms with Gasteiger partial charge in [0.15, 0.2) is 0 Å². The molecule has 0 aromatic rings. The zero-order valence-corrected chi connectivity index (χ0v) is 12.5. The quantitative estimate of drug-likeness (QED) is 0.786. The molecule has 0 unspecified atom stereocenters. The summed E-state index contributed by atoms with van der Waals surface area (Å²) in [5.74, 6) is -0.162. The monoisotopic (exact) mass is 281 g/mol. The molecule has 1 atom stereocenters. The molecule has 2 saturated carbocycles. The summed E-state index contributed by atoms with van der Waals surface area (Å²) in [4.78, 5) is 23.3. The van der Waals surface area contributed by atoms with E-state index in [4.69, 9.17) is 0 Å². The van der Waals surface area contributed by atoms with Crippen LogP contribution in [0, 0.1) is 11.3 Å². The standard InChI is InChI=1S/C16H27NO3/c1-12(10-13-6-3-2-4-7-13)17-14(18)11-16(15(19)20)8-5-9-16/h12-13H,2-11H2,1H3,(H,17,18)(H,19,20)/t12-/m1/s1. The van der Waals surface area contributed by atoms with E-state index in [0.717, 1.165) is 18.8 Å². The van der Waals surface area contributed by atoms with E-state index < -0.39 is 11.4 Å². The van der Waals surface area contributed by atoms with Gasteiger partial charge in [0.2, 0.25) is 5.91 Å². The number of hydrogen-bond donors (Lipinski definition) is 2. The highest BCUT2D eigenvalue weighted by molar-refractivity contribution is 5.85. The van der Waals surface area contributed by atoms with Gasteiger partial charge in [0, 0.05) is 12.5 Å². The highest BCUT2D eigenvalue weighted by Gasteiger charge is 2.45. The lowest BCUT2D eigenvalue weighted by Crippen LogP contribution is -2.44. The Morgan fingerprint density at radius 3 is 2.35 bits per heavy atom. The van der Waals surface area contributed by atoms with E-state index in [9.17, 15) is 14.7 Å². The Morgan fingerprint density at radius 2 is 1.85 bits per heavy atom. The summed E-state index contributed by atoms with van der Waals surface area (Å²) in [5, 5.41) is 12.3. The van der Waals surface area contributed by atoms with Crippen LogP contribution < -0.4 is 5.32 Å². The van der Waals surface area contributed by atoms with Gasteiger partial charge in [0.25, 0.3) is 0 Å². The minimum Gasteiger partial charge on any atom is -0.481 e. The van der Waals surface area contributed by atoms with Crippen LogP contribution in [0.1, 0.15) is 71.1 Å². The minimum atomic E-state index is -0.807. The van der Waals surface area contributed by atoms with Gasteiger partial charge in [0.1, 0.15) is 0 Å². The van der Waals surface area contributed by atoms with Crippen molar-refractivity contribution in [2.75, 3.05) is 0 Å². The van der Waals surface area contributed by atoms with Crippen LogP contribution in [0.5, 0.6) is 0 Å². The van der Waals surface area contributed by atoms with Gasteiger partial charge in [-0.05, 0) is 32.1 Å². The fourth-order valence-electron chi connectivity index (χ4n) is 3.68. The summed E-state index contributed by atoms with van der Waals surface area (Å²) in [6, 6.07) is 0.163. The number of rotatable bonds is 6. The molecule has 4 heteroatoms. The van der Waals surface area contributed by atoms with Crippen molar-refractivity contribution < 1.29 is 14.7 Å². The van der Waals surface area contributed by atoms with E-state index in [1.54, 1.807) is 0 Å². The summed E-state index contributed by atoms with van der Waals surface area (Å²) < 4.78 is 0. The summed E-state index contributed by atoms with van der Waals surface area (Å²) in [5.41, 5.74) is -0.769. The molecule has 2 rings (SSSR count). The molecule has 0 heterocycles. The van der Waals surface area contributed by atoms with Crippen molar-refractivity contribution in [2.45, 2.75) is 77.2 Å². The maximum absolute atomic E-state index is 12.0. The van der Waals surface area contributed by atoms with Crippen molar-refractivity contribution in [3.8, 4) is 0 Å². The number of carboxylic acids is 1. The van der Waals surface area contributed by atoms with Crippen molar-refractivity contribution in [3.05, 3.63) is 0 Å². The molecule has 114 valence electrons. The highest BCUT2D eigenvalue weighted by atomic mass is 16.4. The molecule has 0 radical (unpaired) electrons. The smallest absolute Gasteiger partial charge is 0.310 e. The van der Waals surface area contributed by atoms with Crippen LogP contribution in [0.2, 0.25) is 0 Å². The minimum absolute atomic E-state index is 0.0876. The second kappa shape index (κ2) is 6.59. The van der Waals surface area contributed by atoms with Gasteiger partial charge in [-0.1, -0.05) is 38.5 Å². The van der Waals surface area contributed by atoms with Gasteiger partial charge in [-0.2, -0.15) is 0 Å². The summed E-state index contributed by atoms with van der Waals surface area (Å²) in [7, 11) is 0. The number of carbonyl (C=O) groups excluding carboxylic acids is 1. The van der Waals surface area contributed by atoms with Crippen LogP contribution in [0.25, 0.3) is 0 Å². The molecule has 0 bridgehead atoms. The third-order valence-corrected chi connectivity index (χ3v) is 5.08. The third-order valence-electron chi connectivity index (χ3n) is 5.08. The van der Waals surface area contributed by atoms with Gasteiger partial charge in [-0.25, -0.2) is 0 Å². The maximum atomic E-state index is 12.0. The lowest BCUT2D eigenvalue weighted by molar-refractivity contribution is -0.157. The fourth-order valence-corrected chi connectivity index (χ4v) is 3.68. The van der Waals surface area contributed by atoms with Crippen LogP contribution >= 0.6 is 0 Å². The zero-order chi connectivity index (χ0) is 14.6. The molecule has 0 aromatic heterocycles. The Kier molecular flexibility index (Phi) is 5.06. The molecule has 2 fully saturated rings. The Hall–Kier alpha value is -1.06. The Labute approximate surface area is 121 Å². The maximum Gasteiger partial charge on any atom is 0.310 e. The van der Waals surface area contributed by atoms with E-state index in [1.165, 1.54) is 32.1 Å². The second-order valence-electron chi connectivity index (χ2n) is 6.82. The van der Waals surface area contributed by atoms with Crippen molar-refractivity contribution in [3.63, 3.8) is 0 Å². The highest BCUT2D eigenvalue weighted by Crippen LogP contribution is 2.44.